The zero-order valence-corrected chi connectivity index (χ0v) is 15.4. The van der Waals surface area contributed by atoms with Crippen molar-refractivity contribution in [2.45, 2.75) is 6.54 Å². The minimum atomic E-state index is -0.0956. The second-order valence-electron chi connectivity index (χ2n) is 6.37. The summed E-state index contributed by atoms with van der Waals surface area (Å²) in [7, 11) is 1.88. The van der Waals surface area contributed by atoms with Gasteiger partial charge < -0.3 is 9.80 Å². The van der Waals surface area contributed by atoms with Gasteiger partial charge in [0.15, 0.2) is 0 Å². The molecule has 0 saturated carbocycles. The van der Waals surface area contributed by atoms with Crippen LogP contribution in [0.4, 0.5) is 5.69 Å². The smallest absolute Gasteiger partial charge is 0.246 e. The fraction of sp³-hybridized carbons (Fsp3) is 0.316. The molecule has 7 heteroatoms. The quantitative estimate of drug-likeness (QED) is 0.806. The number of hydrogen-bond acceptors (Lipinski definition) is 4. The third-order valence-corrected chi connectivity index (χ3v) is 4.51. The first kappa shape index (κ1) is 18.4. The largest absolute Gasteiger partial charge is 0.330 e. The molecule has 2 heterocycles. The molecule has 0 spiro atoms. The predicted molar refractivity (Wildman–Crippen MR) is 101 cm³/mol. The van der Waals surface area contributed by atoms with E-state index in [-0.39, 0.29) is 24.9 Å². The molecule has 136 valence electrons. The van der Waals surface area contributed by atoms with Crippen molar-refractivity contribution in [1.82, 2.24) is 14.8 Å². The molecule has 1 saturated heterocycles. The average Bonchev–Trinajstić information content (AvgIpc) is 2.62. The van der Waals surface area contributed by atoms with Gasteiger partial charge in [0.1, 0.15) is 6.54 Å². The van der Waals surface area contributed by atoms with Crippen LogP contribution in [0.25, 0.3) is 0 Å². The molecular weight excluding hydrogens is 352 g/mol. The standard InChI is InChI=1S/C19H21ClN4O2/c1-22(12-15-4-3-7-21-11-15)13-18(25)23-8-9-24(19(26)14-23)17-6-2-5-16(20)10-17/h2-7,10-11H,8-9,12-14H2,1H3. The molecule has 0 radical (unpaired) electrons. The Balaban J connectivity index is 1.55. The van der Waals surface area contributed by atoms with E-state index in [1.165, 1.54) is 0 Å². The first-order valence-electron chi connectivity index (χ1n) is 8.44. The summed E-state index contributed by atoms with van der Waals surface area (Å²) < 4.78 is 0. The lowest BCUT2D eigenvalue weighted by Gasteiger charge is -2.35. The molecular formula is C19H21ClN4O2. The van der Waals surface area contributed by atoms with Crippen LogP contribution in [-0.4, -0.2) is 59.8 Å². The topological polar surface area (TPSA) is 56.8 Å². The average molecular weight is 373 g/mol. The zero-order chi connectivity index (χ0) is 18.5. The van der Waals surface area contributed by atoms with Crippen molar-refractivity contribution in [3.05, 3.63) is 59.4 Å². The number of amides is 2. The summed E-state index contributed by atoms with van der Waals surface area (Å²) in [6.07, 6.45) is 3.51. The van der Waals surface area contributed by atoms with Crippen molar-refractivity contribution in [1.29, 1.82) is 0 Å². The summed E-state index contributed by atoms with van der Waals surface area (Å²) >= 11 is 6.00. The summed E-state index contributed by atoms with van der Waals surface area (Å²) in [5.74, 6) is -0.141. The van der Waals surface area contributed by atoms with Gasteiger partial charge in [0.25, 0.3) is 0 Å². The molecule has 1 aromatic heterocycles. The van der Waals surface area contributed by atoms with E-state index in [2.05, 4.69) is 4.98 Å². The molecule has 0 unspecified atom stereocenters. The highest BCUT2D eigenvalue weighted by atomic mass is 35.5. The van der Waals surface area contributed by atoms with Gasteiger partial charge in [-0.25, -0.2) is 0 Å². The number of piperazine rings is 1. The molecule has 6 nitrogen and oxygen atoms in total. The third kappa shape index (κ3) is 4.59. The lowest BCUT2D eigenvalue weighted by molar-refractivity contribution is -0.137. The van der Waals surface area contributed by atoms with Crippen LogP contribution < -0.4 is 4.90 Å². The van der Waals surface area contributed by atoms with Gasteiger partial charge in [0.05, 0.1) is 6.54 Å². The van der Waals surface area contributed by atoms with Gasteiger partial charge in [-0.15, -0.1) is 0 Å². The summed E-state index contributed by atoms with van der Waals surface area (Å²) in [4.78, 5) is 34.3. The zero-order valence-electron chi connectivity index (χ0n) is 14.6. The van der Waals surface area contributed by atoms with Crippen LogP contribution in [0.2, 0.25) is 5.02 Å². The normalized spacial score (nSPS) is 14.8. The van der Waals surface area contributed by atoms with E-state index < -0.39 is 0 Å². The van der Waals surface area contributed by atoms with E-state index >= 15 is 0 Å². The Bertz CT molecular complexity index is 784. The number of hydrogen-bond donors (Lipinski definition) is 0. The maximum Gasteiger partial charge on any atom is 0.246 e. The lowest BCUT2D eigenvalue weighted by Crippen LogP contribution is -2.54. The molecule has 0 atom stereocenters. The molecule has 3 rings (SSSR count). The maximum atomic E-state index is 12.5. The summed E-state index contributed by atoms with van der Waals surface area (Å²) in [6.45, 7) is 1.97. The number of nitrogens with zero attached hydrogens (tertiary/aromatic N) is 4. The summed E-state index contributed by atoms with van der Waals surface area (Å²) in [6, 6.07) is 11.0. The lowest BCUT2D eigenvalue weighted by atomic mass is 10.2. The van der Waals surface area contributed by atoms with Gasteiger partial charge in [-0.3, -0.25) is 19.5 Å². The van der Waals surface area contributed by atoms with Gasteiger partial charge in [-0.05, 0) is 36.9 Å². The van der Waals surface area contributed by atoms with E-state index in [4.69, 9.17) is 11.6 Å². The van der Waals surface area contributed by atoms with Crippen LogP contribution in [0.3, 0.4) is 0 Å². The number of aromatic nitrogens is 1. The van der Waals surface area contributed by atoms with Crippen LogP contribution >= 0.6 is 11.6 Å². The molecule has 2 amide bonds. The van der Waals surface area contributed by atoms with E-state index in [0.29, 0.717) is 24.7 Å². The highest BCUT2D eigenvalue weighted by Gasteiger charge is 2.28. The molecule has 26 heavy (non-hydrogen) atoms. The highest BCUT2D eigenvalue weighted by molar-refractivity contribution is 6.30. The van der Waals surface area contributed by atoms with Crippen molar-refractivity contribution >= 4 is 29.1 Å². The van der Waals surface area contributed by atoms with Crippen LogP contribution in [-0.2, 0) is 16.1 Å². The van der Waals surface area contributed by atoms with Crippen LogP contribution in [0.5, 0.6) is 0 Å². The van der Waals surface area contributed by atoms with Crippen LogP contribution in [0.1, 0.15) is 5.56 Å². The fourth-order valence-electron chi connectivity index (χ4n) is 2.99. The van der Waals surface area contributed by atoms with Crippen molar-refractivity contribution in [2.24, 2.45) is 0 Å². The molecule has 0 N–H and O–H groups in total. The third-order valence-electron chi connectivity index (χ3n) is 4.27. The second kappa shape index (κ2) is 8.29. The first-order chi connectivity index (χ1) is 12.5. The monoisotopic (exact) mass is 372 g/mol. The minimum absolute atomic E-state index is 0.0458. The number of carbonyl (C=O) groups is 2. The second-order valence-corrected chi connectivity index (χ2v) is 6.81. The molecule has 0 bridgehead atoms. The molecule has 1 aliphatic rings. The Morgan fingerprint density at radius 2 is 2.12 bits per heavy atom. The number of rotatable bonds is 5. The fourth-order valence-corrected chi connectivity index (χ4v) is 3.18. The Labute approximate surface area is 158 Å². The first-order valence-corrected chi connectivity index (χ1v) is 8.82. The van der Waals surface area contributed by atoms with E-state index in [1.54, 1.807) is 34.3 Å². The SMILES string of the molecule is CN(CC(=O)N1CCN(c2cccc(Cl)c2)C(=O)C1)Cc1cccnc1. The summed E-state index contributed by atoms with van der Waals surface area (Å²) in [5, 5.41) is 0.589. The van der Waals surface area contributed by atoms with E-state index in [0.717, 1.165) is 11.3 Å². The van der Waals surface area contributed by atoms with Crippen molar-refractivity contribution in [3.63, 3.8) is 0 Å². The minimum Gasteiger partial charge on any atom is -0.330 e. The number of pyridine rings is 1. The van der Waals surface area contributed by atoms with Crippen molar-refractivity contribution in [2.75, 3.05) is 38.1 Å². The number of anilines is 1. The van der Waals surface area contributed by atoms with Crippen LogP contribution in [0, 0.1) is 0 Å². The Morgan fingerprint density at radius 3 is 2.81 bits per heavy atom. The van der Waals surface area contributed by atoms with Crippen molar-refractivity contribution < 1.29 is 9.59 Å². The van der Waals surface area contributed by atoms with Gasteiger partial charge in [-0.2, -0.15) is 0 Å². The maximum absolute atomic E-state index is 12.5. The molecule has 1 aliphatic heterocycles. The highest BCUT2D eigenvalue weighted by Crippen LogP contribution is 2.21. The van der Waals surface area contributed by atoms with E-state index in [9.17, 15) is 9.59 Å². The number of benzene rings is 1. The molecule has 1 aromatic carbocycles. The van der Waals surface area contributed by atoms with Crippen molar-refractivity contribution in [3.8, 4) is 0 Å². The number of halogens is 1. The summed E-state index contributed by atoms with van der Waals surface area (Å²) in [5.41, 5.74) is 1.81. The van der Waals surface area contributed by atoms with Gasteiger partial charge in [0.2, 0.25) is 11.8 Å². The molecule has 0 aliphatic carbocycles. The molecule has 1 fully saturated rings. The van der Waals surface area contributed by atoms with Gasteiger partial charge in [0, 0.05) is 42.7 Å². The number of carbonyl (C=O) groups excluding carboxylic acids is 2. The Kier molecular flexibility index (Phi) is 5.85. The number of likely N-dealkylation sites (N-methyl/N-ethyl adjacent to an activating group) is 1. The van der Waals surface area contributed by atoms with Crippen LogP contribution in [0.15, 0.2) is 48.8 Å². The van der Waals surface area contributed by atoms with Gasteiger partial charge in [-0.1, -0.05) is 23.7 Å². The Morgan fingerprint density at radius 1 is 1.27 bits per heavy atom. The Hall–Kier alpha value is -2.44. The molecule has 2 aromatic rings. The van der Waals surface area contributed by atoms with E-state index in [1.807, 2.05) is 36.2 Å². The predicted octanol–water partition coefficient (Wildman–Crippen LogP) is 2.04. The van der Waals surface area contributed by atoms with Gasteiger partial charge >= 0.3 is 0 Å².